The van der Waals surface area contributed by atoms with Crippen molar-refractivity contribution < 1.29 is 18.0 Å². The van der Waals surface area contributed by atoms with Crippen molar-refractivity contribution in [2.75, 3.05) is 5.75 Å². The summed E-state index contributed by atoms with van der Waals surface area (Å²) in [6, 6.07) is 15.6. The highest BCUT2D eigenvalue weighted by molar-refractivity contribution is 7.90. The Morgan fingerprint density at radius 3 is 2.29 bits per heavy atom. The van der Waals surface area contributed by atoms with Gasteiger partial charge in [0, 0.05) is 11.1 Å². The monoisotopic (exact) mass is 401 g/mol. The first-order valence-electron chi connectivity index (χ1n) is 9.58. The van der Waals surface area contributed by atoms with Crippen LogP contribution in [0.1, 0.15) is 66.9 Å². The molecule has 0 aromatic heterocycles. The molecule has 0 aliphatic heterocycles. The summed E-state index contributed by atoms with van der Waals surface area (Å²) in [6.07, 6.45) is 3.35. The van der Waals surface area contributed by atoms with Crippen molar-refractivity contribution in [3.63, 3.8) is 0 Å². The van der Waals surface area contributed by atoms with Gasteiger partial charge in [-0.25, -0.2) is 8.42 Å². The molecule has 0 heterocycles. The third kappa shape index (κ3) is 6.30. The Labute approximate surface area is 167 Å². The number of benzene rings is 2. The van der Waals surface area contributed by atoms with Gasteiger partial charge in [0.05, 0.1) is 11.7 Å². The van der Waals surface area contributed by atoms with Crippen molar-refractivity contribution in [3.8, 4) is 0 Å². The number of sulfonamides is 1. The molecule has 0 saturated carbocycles. The third-order valence-corrected chi connectivity index (χ3v) is 5.94. The number of amides is 1. The molecule has 0 radical (unpaired) electrons. The summed E-state index contributed by atoms with van der Waals surface area (Å²) in [7, 11) is -3.65. The van der Waals surface area contributed by atoms with E-state index < -0.39 is 21.8 Å². The van der Waals surface area contributed by atoms with E-state index in [0.29, 0.717) is 23.1 Å². The van der Waals surface area contributed by atoms with Gasteiger partial charge in [-0.2, -0.15) is 0 Å². The van der Waals surface area contributed by atoms with Gasteiger partial charge >= 0.3 is 0 Å². The second-order valence-corrected chi connectivity index (χ2v) is 8.73. The number of carbonyl (C=O) groups is 2. The highest BCUT2D eigenvalue weighted by Crippen LogP contribution is 2.19. The van der Waals surface area contributed by atoms with Gasteiger partial charge in [0.15, 0.2) is 5.78 Å². The molecule has 1 atom stereocenters. The van der Waals surface area contributed by atoms with E-state index >= 15 is 0 Å². The molecular formula is C22H27NO4S. The van der Waals surface area contributed by atoms with Crippen LogP contribution in [0.3, 0.4) is 0 Å². The maximum Gasteiger partial charge on any atom is 0.240 e. The van der Waals surface area contributed by atoms with E-state index in [1.807, 2.05) is 6.07 Å². The van der Waals surface area contributed by atoms with Crippen LogP contribution in [0, 0.1) is 0 Å². The lowest BCUT2D eigenvalue weighted by Crippen LogP contribution is -2.35. The Morgan fingerprint density at radius 1 is 0.929 bits per heavy atom. The predicted octanol–water partition coefficient (Wildman–Crippen LogP) is 4.05. The van der Waals surface area contributed by atoms with Gasteiger partial charge in [-0.1, -0.05) is 74.7 Å². The summed E-state index contributed by atoms with van der Waals surface area (Å²) in [5.41, 5.74) is 1.62. The van der Waals surface area contributed by atoms with Crippen LogP contribution in [-0.2, 0) is 14.8 Å². The Hall–Kier alpha value is -2.47. The first-order chi connectivity index (χ1) is 13.3. The second kappa shape index (κ2) is 10.2. The van der Waals surface area contributed by atoms with Gasteiger partial charge in [-0.15, -0.1) is 0 Å². The molecule has 0 fully saturated rings. The van der Waals surface area contributed by atoms with Crippen LogP contribution >= 0.6 is 0 Å². The molecule has 1 amide bonds. The molecule has 2 aromatic rings. The number of hydrogen-bond donors (Lipinski definition) is 1. The first-order valence-corrected chi connectivity index (χ1v) is 11.2. The zero-order valence-electron chi connectivity index (χ0n) is 16.4. The van der Waals surface area contributed by atoms with Crippen molar-refractivity contribution in [1.29, 1.82) is 0 Å². The molecule has 1 unspecified atom stereocenters. The van der Waals surface area contributed by atoms with Crippen molar-refractivity contribution >= 4 is 21.7 Å². The molecule has 6 heteroatoms. The van der Waals surface area contributed by atoms with Gasteiger partial charge in [0.2, 0.25) is 15.9 Å². The fourth-order valence-corrected chi connectivity index (χ4v) is 4.04. The van der Waals surface area contributed by atoms with Gasteiger partial charge in [0.1, 0.15) is 0 Å². The summed E-state index contributed by atoms with van der Waals surface area (Å²) in [6.45, 7) is 3.68. The van der Waals surface area contributed by atoms with Gasteiger partial charge in [-0.3, -0.25) is 14.3 Å². The van der Waals surface area contributed by atoms with Crippen LogP contribution < -0.4 is 4.72 Å². The number of nitrogens with one attached hydrogen (secondary N) is 1. The summed E-state index contributed by atoms with van der Waals surface area (Å²) < 4.78 is 26.4. The van der Waals surface area contributed by atoms with Gasteiger partial charge < -0.3 is 0 Å². The molecule has 2 aromatic carbocycles. The van der Waals surface area contributed by atoms with Gasteiger partial charge in [-0.05, 0) is 25.0 Å². The first kappa shape index (κ1) is 21.8. The number of hydrogen-bond acceptors (Lipinski definition) is 4. The highest BCUT2D eigenvalue weighted by Gasteiger charge is 2.22. The van der Waals surface area contributed by atoms with Gasteiger partial charge in [0.25, 0.3) is 0 Å². The van der Waals surface area contributed by atoms with E-state index in [4.69, 9.17) is 0 Å². The van der Waals surface area contributed by atoms with Crippen molar-refractivity contribution in [2.45, 2.75) is 45.4 Å². The van der Waals surface area contributed by atoms with Crippen LogP contribution in [0.15, 0.2) is 54.6 Å². The minimum atomic E-state index is -3.65. The normalized spacial score (nSPS) is 12.4. The molecule has 0 bridgehead atoms. The minimum absolute atomic E-state index is 0.0575. The highest BCUT2D eigenvalue weighted by atomic mass is 32.2. The molecule has 150 valence electrons. The van der Waals surface area contributed by atoms with Crippen LogP contribution in [0.5, 0.6) is 0 Å². The Balaban J connectivity index is 2.06. The summed E-state index contributed by atoms with van der Waals surface area (Å²) in [5.74, 6) is -1.47. The Bertz CT molecular complexity index is 907. The van der Waals surface area contributed by atoms with E-state index in [1.54, 1.807) is 55.5 Å². The quantitative estimate of drug-likeness (QED) is 0.481. The summed E-state index contributed by atoms with van der Waals surface area (Å²) in [5, 5.41) is 0. The molecule has 28 heavy (non-hydrogen) atoms. The maximum atomic E-state index is 12.6. The largest absolute Gasteiger partial charge is 0.289 e. The molecule has 0 aliphatic carbocycles. The molecule has 0 aliphatic rings. The smallest absolute Gasteiger partial charge is 0.240 e. The Morgan fingerprint density at radius 2 is 1.61 bits per heavy atom. The SMILES string of the molecule is CCCCCCS(=O)(=O)NC(=O)C(C)c1cccc(C(=O)c2ccccc2)c1. The van der Waals surface area contributed by atoms with E-state index in [1.165, 1.54) is 0 Å². The van der Waals surface area contributed by atoms with Crippen molar-refractivity contribution in [3.05, 3.63) is 71.3 Å². The molecular weight excluding hydrogens is 374 g/mol. The molecule has 2 rings (SSSR count). The van der Waals surface area contributed by atoms with E-state index in [-0.39, 0.29) is 11.5 Å². The number of rotatable bonds is 10. The zero-order valence-corrected chi connectivity index (χ0v) is 17.2. The third-order valence-electron chi connectivity index (χ3n) is 4.60. The lowest BCUT2D eigenvalue weighted by molar-refractivity contribution is -0.120. The second-order valence-electron chi connectivity index (χ2n) is 6.89. The number of ketones is 1. The van der Waals surface area contributed by atoms with Crippen LogP contribution in [0.4, 0.5) is 0 Å². The predicted molar refractivity (Wildman–Crippen MR) is 111 cm³/mol. The summed E-state index contributed by atoms with van der Waals surface area (Å²) in [4.78, 5) is 25.0. The van der Waals surface area contributed by atoms with Crippen molar-refractivity contribution in [2.24, 2.45) is 0 Å². The molecule has 5 nitrogen and oxygen atoms in total. The topological polar surface area (TPSA) is 80.3 Å². The Kier molecular flexibility index (Phi) is 7.93. The summed E-state index contributed by atoms with van der Waals surface area (Å²) >= 11 is 0. The molecule has 0 saturated heterocycles. The number of unbranched alkanes of at least 4 members (excludes halogenated alkanes) is 3. The van der Waals surface area contributed by atoms with E-state index in [9.17, 15) is 18.0 Å². The zero-order chi connectivity index (χ0) is 20.6. The number of carbonyl (C=O) groups excluding carboxylic acids is 2. The maximum absolute atomic E-state index is 12.6. The average Bonchev–Trinajstić information content (AvgIpc) is 2.70. The van der Waals surface area contributed by atoms with E-state index in [0.717, 1.165) is 19.3 Å². The lowest BCUT2D eigenvalue weighted by Gasteiger charge is -2.14. The van der Waals surface area contributed by atoms with Crippen LogP contribution in [0.2, 0.25) is 0 Å². The van der Waals surface area contributed by atoms with Crippen molar-refractivity contribution in [1.82, 2.24) is 4.72 Å². The molecule has 1 N–H and O–H groups in total. The lowest BCUT2D eigenvalue weighted by atomic mass is 9.95. The average molecular weight is 402 g/mol. The minimum Gasteiger partial charge on any atom is -0.289 e. The van der Waals surface area contributed by atoms with E-state index in [2.05, 4.69) is 11.6 Å². The standard InChI is InChI=1S/C22H27NO4S/c1-3-4-5-9-15-28(26,27)23-22(25)17(2)19-13-10-14-20(16-19)21(24)18-11-7-6-8-12-18/h6-8,10-14,16-17H,3-5,9,15H2,1-2H3,(H,23,25). The van der Waals surface area contributed by atoms with Crippen LogP contribution in [0.25, 0.3) is 0 Å². The molecule has 0 spiro atoms. The van der Waals surface area contributed by atoms with Crippen LogP contribution in [-0.4, -0.2) is 25.9 Å². The fourth-order valence-electron chi connectivity index (χ4n) is 2.87. The fraction of sp³-hybridized carbons (Fsp3) is 0.364.